The maximum atomic E-state index is 9.25. The van der Waals surface area contributed by atoms with Crippen LogP contribution in [0.2, 0.25) is 0 Å². The summed E-state index contributed by atoms with van der Waals surface area (Å²) in [4.78, 5) is 2.67. The molecule has 5 aromatic rings. The van der Waals surface area contributed by atoms with Crippen molar-refractivity contribution in [2.24, 2.45) is 10.8 Å². The van der Waals surface area contributed by atoms with E-state index in [0.29, 0.717) is 22.2 Å². The van der Waals surface area contributed by atoms with Crippen LogP contribution in [0.15, 0.2) is 114 Å². The summed E-state index contributed by atoms with van der Waals surface area (Å²) in [6.45, 7) is 12.0. The van der Waals surface area contributed by atoms with Gasteiger partial charge in [0.25, 0.3) is 0 Å². The third-order valence-corrected chi connectivity index (χ3v) is 10.4. The molecule has 4 heteroatoms. The molecule has 0 atom stereocenters. The van der Waals surface area contributed by atoms with Crippen molar-refractivity contribution in [2.75, 3.05) is 18.0 Å². The van der Waals surface area contributed by atoms with Crippen molar-refractivity contribution in [2.45, 2.75) is 47.0 Å². The Morgan fingerprint density at radius 3 is 1.90 bits per heavy atom. The lowest BCUT2D eigenvalue weighted by Gasteiger charge is -2.49. The van der Waals surface area contributed by atoms with Gasteiger partial charge in [0, 0.05) is 29.9 Å². The zero-order valence-electron chi connectivity index (χ0n) is 29.8. The second-order valence-corrected chi connectivity index (χ2v) is 16.1. The molecule has 0 saturated heterocycles. The summed E-state index contributed by atoms with van der Waals surface area (Å²) < 4.78 is 5.72. The van der Waals surface area contributed by atoms with Crippen LogP contribution in [0.4, 0.5) is 5.69 Å². The molecule has 4 nitrogen and oxygen atoms in total. The quantitative estimate of drug-likeness (QED) is 0.139. The Morgan fingerprint density at radius 1 is 0.706 bits per heavy atom. The van der Waals surface area contributed by atoms with E-state index in [9.17, 15) is 10.5 Å². The van der Waals surface area contributed by atoms with Gasteiger partial charge in [-0.1, -0.05) is 107 Å². The van der Waals surface area contributed by atoms with E-state index in [1.807, 2.05) is 18.2 Å². The van der Waals surface area contributed by atoms with E-state index in [2.05, 4.69) is 124 Å². The van der Waals surface area contributed by atoms with Crippen LogP contribution in [0.5, 0.6) is 0 Å². The summed E-state index contributed by atoms with van der Waals surface area (Å²) in [6, 6.07) is 35.1. The third-order valence-electron chi connectivity index (χ3n) is 10.4. The first-order valence-electron chi connectivity index (χ1n) is 17.8. The number of rotatable bonds is 5. The Labute approximate surface area is 300 Å². The lowest BCUT2D eigenvalue weighted by Crippen LogP contribution is -2.48. The summed E-state index contributed by atoms with van der Waals surface area (Å²) in [7, 11) is 0. The van der Waals surface area contributed by atoms with E-state index in [-0.39, 0.29) is 5.57 Å². The Hall–Kier alpha value is -5.84. The Balaban J connectivity index is 0.993. The van der Waals surface area contributed by atoms with Crippen molar-refractivity contribution in [1.82, 2.24) is 0 Å². The van der Waals surface area contributed by atoms with Crippen LogP contribution < -0.4 is 4.90 Å². The molecule has 0 aliphatic carbocycles. The molecule has 250 valence electrons. The predicted octanol–water partition coefficient (Wildman–Crippen LogP) is 11.0. The van der Waals surface area contributed by atoms with Crippen LogP contribution in [0.1, 0.15) is 66.6 Å². The van der Waals surface area contributed by atoms with Crippen molar-refractivity contribution in [3.63, 3.8) is 0 Å². The SMILES string of the molecule is CC1(C)Cc2cc(Cc3ccc4cc(/C=C/c5ccc6cc(C7=CC(=C(C#N)C#N)C=CO7)ccc6c5)ccc4c3)cc3c2N(C1)CC(C)(C)C3. The van der Waals surface area contributed by atoms with Crippen LogP contribution in [-0.2, 0) is 24.0 Å². The highest BCUT2D eigenvalue weighted by atomic mass is 16.5. The van der Waals surface area contributed by atoms with Gasteiger partial charge in [-0.15, -0.1) is 0 Å². The smallest absolute Gasteiger partial charge is 0.137 e. The van der Waals surface area contributed by atoms with E-state index in [1.54, 1.807) is 12.2 Å². The second-order valence-electron chi connectivity index (χ2n) is 16.1. The molecule has 0 aromatic heterocycles. The van der Waals surface area contributed by atoms with Gasteiger partial charge in [-0.3, -0.25) is 0 Å². The van der Waals surface area contributed by atoms with E-state index in [4.69, 9.17) is 4.74 Å². The third kappa shape index (κ3) is 6.59. The fraction of sp³-hybridized carbons (Fsp3) is 0.234. The molecule has 0 saturated carbocycles. The number of allylic oxidation sites excluding steroid dienone is 4. The zero-order chi connectivity index (χ0) is 35.3. The lowest BCUT2D eigenvalue weighted by atomic mass is 9.73. The minimum Gasteiger partial charge on any atom is -0.464 e. The number of nitrogens with zero attached hydrogens (tertiary/aromatic N) is 3. The molecular weight excluding hydrogens is 623 g/mol. The summed E-state index contributed by atoms with van der Waals surface area (Å²) in [5.74, 6) is 0.609. The van der Waals surface area contributed by atoms with Crippen LogP contribution in [-0.4, -0.2) is 13.1 Å². The Bertz CT molecular complexity index is 2400. The molecular formula is C47H41N3O. The maximum Gasteiger partial charge on any atom is 0.137 e. The minimum atomic E-state index is 0.0653. The van der Waals surface area contributed by atoms with Gasteiger partial charge in [-0.2, -0.15) is 10.5 Å². The van der Waals surface area contributed by atoms with Crippen molar-refractivity contribution < 1.29 is 4.74 Å². The number of benzene rings is 5. The minimum absolute atomic E-state index is 0.0653. The number of nitriles is 2. The fourth-order valence-electron chi connectivity index (χ4n) is 8.34. The Morgan fingerprint density at radius 2 is 1.27 bits per heavy atom. The zero-order valence-corrected chi connectivity index (χ0v) is 29.8. The number of fused-ring (bicyclic) bond motifs is 2. The number of ether oxygens (including phenoxy) is 1. The second kappa shape index (κ2) is 12.5. The summed E-state index contributed by atoms with van der Waals surface area (Å²) >= 11 is 0. The van der Waals surface area contributed by atoms with Gasteiger partial charge in [-0.25, -0.2) is 0 Å². The van der Waals surface area contributed by atoms with E-state index < -0.39 is 0 Å². The van der Waals surface area contributed by atoms with Gasteiger partial charge < -0.3 is 9.64 Å². The van der Waals surface area contributed by atoms with Crippen molar-refractivity contribution in [3.8, 4) is 12.1 Å². The first kappa shape index (κ1) is 32.4. The van der Waals surface area contributed by atoms with Crippen molar-refractivity contribution in [3.05, 3.63) is 153 Å². The monoisotopic (exact) mass is 663 g/mol. The van der Waals surface area contributed by atoms with Crippen LogP contribution >= 0.6 is 0 Å². The predicted molar refractivity (Wildman–Crippen MR) is 210 cm³/mol. The molecule has 5 aromatic carbocycles. The summed E-state index contributed by atoms with van der Waals surface area (Å²) in [6.07, 6.45) is 12.5. The molecule has 3 aliphatic heterocycles. The molecule has 0 spiro atoms. The van der Waals surface area contributed by atoms with Gasteiger partial charge >= 0.3 is 0 Å². The average Bonchev–Trinajstić information content (AvgIpc) is 3.09. The molecule has 0 unspecified atom stereocenters. The molecule has 0 amide bonds. The highest BCUT2D eigenvalue weighted by Gasteiger charge is 2.38. The van der Waals surface area contributed by atoms with E-state index in [0.717, 1.165) is 54.3 Å². The highest BCUT2D eigenvalue weighted by Crippen LogP contribution is 2.46. The number of anilines is 1. The van der Waals surface area contributed by atoms with Gasteiger partial charge in [0.15, 0.2) is 0 Å². The molecule has 51 heavy (non-hydrogen) atoms. The fourth-order valence-corrected chi connectivity index (χ4v) is 8.34. The lowest BCUT2D eigenvalue weighted by molar-refractivity contribution is 0.289. The topological polar surface area (TPSA) is 60.1 Å². The molecule has 3 heterocycles. The maximum absolute atomic E-state index is 9.25. The number of hydrogen-bond donors (Lipinski definition) is 0. The standard InChI is InChI=1S/C47H41N3O/c1-46(2)25-41-21-34(22-42-26-47(3,4)30-50(29-46)45(41)42)17-33-9-12-35-18-31(7-10-36(35)20-33)5-6-32-8-11-38-23-40(14-13-37(38)19-32)44-24-39(15-16-51-44)43(27-48)28-49/h5-16,18-24H,17,25-26,29-30H2,1-4H3/b6-5+. The van der Waals surface area contributed by atoms with Crippen molar-refractivity contribution in [1.29, 1.82) is 10.5 Å². The van der Waals surface area contributed by atoms with Crippen LogP contribution in [0.3, 0.4) is 0 Å². The first-order chi connectivity index (χ1) is 24.5. The largest absolute Gasteiger partial charge is 0.464 e. The molecule has 0 radical (unpaired) electrons. The first-order valence-corrected chi connectivity index (χ1v) is 17.8. The Kier molecular flexibility index (Phi) is 7.93. The van der Waals surface area contributed by atoms with Crippen LogP contribution in [0.25, 0.3) is 39.5 Å². The van der Waals surface area contributed by atoms with E-state index >= 15 is 0 Å². The molecule has 3 aliphatic rings. The average molecular weight is 664 g/mol. The van der Waals surface area contributed by atoms with Gasteiger partial charge in [-0.05, 0) is 115 Å². The van der Waals surface area contributed by atoms with Crippen LogP contribution in [0, 0.1) is 33.5 Å². The van der Waals surface area contributed by atoms with Gasteiger partial charge in [0.1, 0.15) is 23.5 Å². The van der Waals surface area contributed by atoms with Gasteiger partial charge in [0.2, 0.25) is 0 Å². The summed E-state index contributed by atoms with van der Waals surface area (Å²) in [5.41, 5.74) is 11.8. The highest BCUT2D eigenvalue weighted by molar-refractivity contribution is 5.90. The normalized spacial score (nSPS) is 17.1. The molecule has 8 rings (SSSR count). The van der Waals surface area contributed by atoms with E-state index in [1.165, 1.54) is 50.5 Å². The van der Waals surface area contributed by atoms with Crippen molar-refractivity contribution >= 4 is 45.1 Å². The number of hydrogen-bond acceptors (Lipinski definition) is 4. The molecule has 0 fully saturated rings. The summed E-state index contributed by atoms with van der Waals surface area (Å²) in [5, 5.41) is 23.2. The van der Waals surface area contributed by atoms with Gasteiger partial charge in [0.05, 0.1) is 6.26 Å². The molecule has 0 bridgehead atoms. The molecule has 0 N–H and O–H groups in total.